The van der Waals surface area contributed by atoms with Gasteiger partial charge in [0.15, 0.2) is 17.0 Å². The van der Waals surface area contributed by atoms with Crippen LogP contribution in [-0.4, -0.2) is 76.2 Å². The van der Waals surface area contributed by atoms with E-state index >= 15 is 0 Å². The van der Waals surface area contributed by atoms with Crippen LogP contribution in [0.2, 0.25) is 5.02 Å². The number of fused-ring (bicyclic) bond motifs is 1. The number of hydrogen-bond donors (Lipinski definition) is 0. The highest BCUT2D eigenvalue weighted by Crippen LogP contribution is 2.27. The molecular formula is C23H22ClN7O3. The number of rotatable bonds is 5. The molecule has 1 amide bonds. The molecule has 1 saturated heterocycles. The number of aromatic nitrogens is 5. The van der Waals surface area contributed by atoms with Crippen molar-refractivity contribution in [3.05, 3.63) is 59.4 Å². The highest BCUT2D eigenvalue weighted by Gasteiger charge is 2.27. The summed E-state index contributed by atoms with van der Waals surface area (Å²) in [7, 11) is 3.16. The number of amides is 1. The highest BCUT2D eigenvalue weighted by atomic mass is 35.5. The average Bonchev–Trinajstić information content (AvgIpc) is 3.33. The van der Waals surface area contributed by atoms with Crippen LogP contribution in [0.25, 0.3) is 16.9 Å². The van der Waals surface area contributed by atoms with Gasteiger partial charge in [-0.3, -0.25) is 4.79 Å². The Morgan fingerprint density at radius 1 is 1.00 bits per heavy atom. The lowest BCUT2D eigenvalue weighted by Gasteiger charge is -2.35. The second kappa shape index (κ2) is 9.14. The van der Waals surface area contributed by atoms with Gasteiger partial charge in [0.2, 0.25) is 0 Å². The van der Waals surface area contributed by atoms with Gasteiger partial charge in [0.05, 0.1) is 25.5 Å². The molecule has 1 aliphatic rings. The number of ether oxygens (including phenoxy) is 2. The minimum Gasteiger partial charge on any atom is -0.497 e. The zero-order chi connectivity index (χ0) is 23.7. The maximum Gasteiger partial charge on any atom is 0.257 e. The molecule has 34 heavy (non-hydrogen) atoms. The molecule has 0 aliphatic carbocycles. The number of methoxy groups -OCH3 is 2. The van der Waals surface area contributed by atoms with Gasteiger partial charge < -0.3 is 19.3 Å². The first-order chi connectivity index (χ1) is 16.6. The molecule has 0 atom stereocenters. The lowest BCUT2D eigenvalue weighted by molar-refractivity contribution is 0.0743. The normalized spacial score (nSPS) is 13.9. The number of carbonyl (C=O) groups excluding carboxylic acids is 1. The fourth-order valence-electron chi connectivity index (χ4n) is 4.02. The zero-order valence-corrected chi connectivity index (χ0v) is 19.4. The molecule has 1 fully saturated rings. The SMILES string of the molecule is COc1cccc(-n2nnc3c(N4CCN(C(=O)c5cc(Cl)ccc5OC)CC4)ncnc32)c1. The van der Waals surface area contributed by atoms with Crippen LogP contribution in [-0.2, 0) is 0 Å². The maximum absolute atomic E-state index is 13.1. The van der Waals surface area contributed by atoms with Crippen LogP contribution in [0.1, 0.15) is 10.4 Å². The molecule has 0 radical (unpaired) electrons. The van der Waals surface area contributed by atoms with Crippen molar-refractivity contribution >= 4 is 34.5 Å². The van der Waals surface area contributed by atoms with Crippen LogP contribution in [0.4, 0.5) is 5.82 Å². The van der Waals surface area contributed by atoms with Crippen LogP contribution in [0, 0.1) is 0 Å². The zero-order valence-electron chi connectivity index (χ0n) is 18.7. The summed E-state index contributed by atoms with van der Waals surface area (Å²) in [4.78, 5) is 25.9. The van der Waals surface area contributed by atoms with Crippen molar-refractivity contribution in [2.45, 2.75) is 0 Å². The van der Waals surface area contributed by atoms with Crippen LogP contribution in [0.3, 0.4) is 0 Å². The molecule has 3 heterocycles. The number of anilines is 1. The van der Waals surface area contributed by atoms with Gasteiger partial charge >= 0.3 is 0 Å². The lowest BCUT2D eigenvalue weighted by atomic mass is 10.1. The van der Waals surface area contributed by atoms with E-state index in [1.165, 1.54) is 13.4 Å². The van der Waals surface area contributed by atoms with Crippen molar-refractivity contribution in [3.63, 3.8) is 0 Å². The molecule has 2 aromatic carbocycles. The Morgan fingerprint density at radius 2 is 1.82 bits per heavy atom. The summed E-state index contributed by atoms with van der Waals surface area (Å²) >= 11 is 6.11. The van der Waals surface area contributed by atoms with E-state index < -0.39 is 0 Å². The van der Waals surface area contributed by atoms with E-state index in [9.17, 15) is 4.79 Å². The predicted octanol–water partition coefficient (Wildman–Crippen LogP) is 2.84. The minimum absolute atomic E-state index is 0.115. The average molecular weight is 480 g/mol. The van der Waals surface area contributed by atoms with E-state index in [1.807, 2.05) is 24.3 Å². The number of carbonyl (C=O) groups is 1. The molecule has 0 spiro atoms. The number of piperazine rings is 1. The molecule has 2 aromatic heterocycles. The first kappa shape index (κ1) is 21.9. The summed E-state index contributed by atoms with van der Waals surface area (Å²) in [6.45, 7) is 2.22. The van der Waals surface area contributed by atoms with Gasteiger partial charge in [-0.25, -0.2) is 9.97 Å². The monoisotopic (exact) mass is 479 g/mol. The number of halogens is 1. The topological polar surface area (TPSA) is 98.5 Å². The van der Waals surface area contributed by atoms with E-state index in [1.54, 1.807) is 34.9 Å². The number of hydrogen-bond acceptors (Lipinski definition) is 8. The van der Waals surface area contributed by atoms with Gasteiger partial charge in [0.25, 0.3) is 5.91 Å². The van der Waals surface area contributed by atoms with E-state index in [0.29, 0.717) is 65.2 Å². The third-order valence-electron chi connectivity index (χ3n) is 5.77. The summed E-state index contributed by atoms with van der Waals surface area (Å²) in [5, 5.41) is 9.14. The van der Waals surface area contributed by atoms with Crippen molar-refractivity contribution < 1.29 is 14.3 Å². The van der Waals surface area contributed by atoms with Crippen LogP contribution in [0.5, 0.6) is 11.5 Å². The lowest BCUT2D eigenvalue weighted by Crippen LogP contribution is -2.49. The first-order valence-electron chi connectivity index (χ1n) is 10.7. The molecule has 0 unspecified atom stereocenters. The summed E-state index contributed by atoms with van der Waals surface area (Å²) < 4.78 is 12.3. The third-order valence-corrected chi connectivity index (χ3v) is 6.01. The molecule has 11 heteroatoms. The van der Waals surface area contributed by atoms with Crippen LogP contribution >= 0.6 is 11.6 Å². The first-order valence-corrected chi connectivity index (χ1v) is 11.1. The summed E-state index contributed by atoms with van der Waals surface area (Å²) in [5.74, 6) is 1.79. The Bertz CT molecular complexity index is 1350. The maximum atomic E-state index is 13.1. The Balaban J connectivity index is 1.37. The number of benzene rings is 2. The molecule has 10 nitrogen and oxygen atoms in total. The number of nitrogens with zero attached hydrogens (tertiary/aromatic N) is 7. The molecule has 0 N–H and O–H groups in total. The standard InChI is InChI=1S/C23H22ClN7O3/c1-33-17-5-3-4-16(13-17)31-22-20(27-28-31)21(25-14-26-22)29-8-10-30(11-9-29)23(32)18-12-15(24)6-7-19(18)34-2/h3-7,12-14H,8-11H2,1-2H3. The van der Waals surface area contributed by atoms with E-state index in [0.717, 1.165) is 5.69 Å². The van der Waals surface area contributed by atoms with Gasteiger partial charge in [-0.1, -0.05) is 22.9 Å². The largest absolute Gasteiger partial charge is 0.497 e. The van der Waals surface area contributed by atoms with Crippen molar-refractivity contribution in [1.29, 1.82) is 0 Å². The Hall–Kier alpha value is -3.92. The molecule has 1 aliphatic heterocycles. The molecule has 5 rings (SSSR count). The smallest absolute Gasteiger partial charge is 0.257 e. The highest BCUT2D eigenvalue weighted by molar-refractivity contribution is 6.31. The van der Waals surface area contributed by atoms with E-state index in [2.05, 4.69) is 25.2 Å². The van der Waals surface area contributed by atoms with E-state index in [-0.39, 0.29) is 5.91 Å². The summed E-state index contributed by atoms with van der Waals surface area (Å²) in [5.41, 5.74) is 2.44. The Morgan fingerprint density at radius 3 is 2.59 bits per heavy atom. The minimum atomic E-state index is -0.115. The van der Waals surface area contributed by atoms with Gasteiger partial charge in [0.1, 0.15) is 17.8 Å². The second-order valence-corrected chi connectivity index (χ2v) is 8.13. The summed E-state index contributed by atoms with van der Waals surface area (Å²) in [6.07, 6.45) is 1.51. The molecule has 0 bridgehead atoms. The predicted molar refractivity (Wildman–Crippen MR) is 127 cm³/mol. The Labute approximate surface area is 200 Å². The van der Waals surface area contributed by atoms with Crippen molar-refractivity contribution in [2.24, 2.45) is 0 Å². The van der Waals surface area contributed by atoms with Gasteiger partial charge in [0, 0.05) is 37.3 Å². The van der Waals surface area contributed by atoms with Crippen LogP contribution in [0.15, 0.2) is 48.8 Å². The fraction of sp³-hybridized carbons (Fsp3) is 0.261. The van der Waals surface area contributed by atoms with Gasteiger partial charge in [-0.15, -0.1) is 5.10 Å². The Kier molecular flexibility index (Phi) is 5.89. The molecule has 0 saturated carbocycles. The van der Waals surface area contributed by atoms with Gasteiger partial charge in [-0.05, 0) is 30.3 Å². The van der Waals surface area contributed by atoms with E-state index in [4.69, 9.17) is 21.1 Å². The van der Waals surface area contributed by atoms with Gasteiger partial charge in [-0.2, -0.15) is 4.68 Å². The van der Waals surface area contributed by atoms with Crippen molar-refractivity contribution in [2.75, 3.05) is 45.3 Å². The van der Waals surface area contributed by atoms with Crippen molar-refractivity contribution in [3.8, 4) is 17.2 Å². The second-order valence-electron chi connectivity index (χ2n) is 7.70. The third kappa shape index (κ3) is 3.96. The van der Waals surface area contributed by atoms with Crippen LogP contribution < -0.4 is 14.4 Å². The van der Waals surface area contributed by atoms with Crippen molar-refractivity contribution in [1.82, 2.24) is 29.9 Å². The summed E-state index contributed by atoms with van der Waals surface area (Å²) in [6, 6.07) is 12.6. The quantitative estimate of drug-likeness (QED) is 0.431. The molecular weight excluding hydrogens is 458 g/mol. The fourth-order valence-corrected chi connectivity index (χ4v) is 4.20. The molecule has 4 aromatic rings. The molecule has 174 valence electrons.